The third-order valence-electron chi connectivity index (χ3n) is 4.22. The lowest BCUT2D eigenvalue weighted by Gasteiger charge is -2.29. The van der Waals surface area contributed by atoms with Crippen molar-refractivity contribution in [2.45, 2.75) is 37.8 Å². The van der Waals surface area contributed by atoms with Gasteiger partial charge in [0, 0.05) is 24.0 Å². The number of nitrogens with zero attached hydrogens (tertiary/aromatic N) is 2. The van der Waals surface area contributed by atoms with Gasteiger partial charge in [0.25, 0.3) is 17.7 Å². The highest BCUT2D eigenvalue weighted by molar-refractivity contribution is 5.94. The van der Waals surface area contributed by atoms with E-state index in [4.69, 9.17) is 9.47 Å². The highest BCUT2D eigenvalue weighted by Crippen LogP contribution is 2.27. The summed E-state index contributed by atoms with van der Waals surface area (Å²) in [5, 5.41) is 2.99. The number of amides is 1. The molecule has 1 aromatic carbocycles. The van der Waals surface area contributed by atoms with Gasteiger partial charge in [0.15, 0.2) is 0 Å². The Labute approximate surface area is 145 Å². The van der Waals surface area contributed by atoms with Crippen molar-refractivity contribution in [2.24, 2.45) is 0 Å². The minimum absolute atomic E-state index is 0.0181. The Morgan fingerprint density at radius 2 is 1.72 bits per heavy atom. The van der Waals surface area contributed by atoms with Gasteiger partial charge in [-0.2, -0.15) is 0 Å². The van der Waals surface area contributed by atoms with Crippen LogP contribution >= 0.6 is 0 Å². The van der Waals surface area contributed by atoms with Crippen LogP contribution in [0.25, 0.3) is 0 Å². The molecular formula is C18H20FN3O3. The van der Waals surface area contributed by atoms with E-state index >= 15 is 0 Å². The summed E-state index contributed by atoms with van der Waals surface area (Å²) in [6.45, 7) is 0. The Bertz CT molecular complexity index is 716. The third-order valence-corrected chi connectivity index (χ3v) is 4.22. The summed E-state index contributed by atoms with van der Waals surface area (Å²) in [4.78, 5) is 20.4. The van der Waals surface area contributed by atoms with Crippen molar-refractivity contribution in [3.8, 4) is 11.8 Å². The highest BCUT2D eigenvalue weighted by atomic mass is 19.1. The Kier molecular flexibility index (Phi) is 5.42. The van der Waals surface area contributed by atoms with E-state index < -0.39 is 0 Å². The molecule has 1 N–H and O–H groups in total. The minimum atomic E-state index is -0.353. The van der Waals surface area contributed by atoms with Crippen molar-refractivity contribution in [3.63, 3.8) is 0 Å². The van der Waals surface area contributed by atoms with Gasteiger partial charge in [0.2, 0.25) is 0 Å². The molecule has 2 aromatic rings. The molecule has 132 valence electrons. The van der Waals surface area contributed by atoms with Crippen LogP contribution in [0.5, 0.6) is 11.8 Å². The minimum Gasteiger partial charge on any atom is -0.477 e. The number of hydrogen-bond acceptors (Lipinski definition) is 5. The zero-order valence-corrected chi connectivity index (χ0v) is 13.9. The topological polar surface area (TPSA) is 73.3 Å². The van der Waals surface area contributed by atoms with Gasteiger partial charge in [0.1, 0.15) is 11.9 Å². The third kappa shape index (κ3) is 4.43. The number of rotatable bonds is 5. The maximum absolute atomic E-state index is 12.9. The fourth-order valence-electron chi connectivity index (χ4n) is 2.89. The average molecular weight is 345 g/mol. The SMILES string of the molecule is COc1nccnc1OC1CCC(NC(=O)c2ccc(F)cc2)CC1. The Morgan fingerprint density at radius 3 is 2.36 bits per heavy atom. The van der Waals surface area contributed by atoms with Crippen molar-refractivity contribution < 1.29 is 18.7 Å². The summed E-state index contributed by atoms with van der Waals surface area (Å²) in [6.07, 6.45) is 6.34. The largest absolute Gasteiger partial charge is 0.477 e. The normalized spacial score (nSPS) is 19.9. The number of carbonyl (C=O) groups is 1. The van der Waals surface area contributed by atoms with E-state index in [1.165, 1.54) is 31.4 Å². The molecule has 0 saturated heterocycles. The van der Waals surface area contributed by atoms with Gasteiger partial charge < -0.3 is 14.8 Å². The lowest BCUT2D eigenvalue weighted by Crippen LogP contribution is -2.39. The van der Waals surface area contributed by atoms with Gasteiger partial charge in [-0.15, -0.1) is 0 Å². The standard InChI is InChI=1S/C18H20FN3O3/c1-24-17-18(21-11-10-20-17)25-15-8-6-14(7-9-15)22-16(23)12-2-4-13(19)5-3-12/h2-5,10-11,14-15H,6-9H2,1H3,(H,22,23). The van der Waals surface area contributed by atoms with Crippen LogP contribution in [0.15, 0.2) is 36.7 Å². The number of methoxy groups -OCH3 is 1. The quantitative estimate of drug-likeness (QED) is 0.902. The molecule has 25 heavy (non-hydrogen) atoms. The number of ether oxygens (including phenoxy) is 2. The Hall–Kier alpha value is -2.70. The molecule has 0 radical (unpaired) electrons. The van der Waals surface area contributed by atoms with E-state index in [0.717, 1.165) is 25.7 Å². The van der Waals surface area contributed by atoms with Crippen LogP contribution in [0.4, 0.5) is 4.39 Å². The van der Waals surface area contributed by atoms with Crippen LogP contribution in [0, 0.1) is 5.82 Å². The van der Waals surface area contributed by atoms with Crippen molar-refractivity contribution in [1.82, 2.24) is 15.3 Å². The monoisotopic (exact) mass is 345 g/mol. The fraction of sp³-hybridized carbons (Fsp3) is 0.389. The number of nitrogens with one attached hydrogen (secondary N) is 1. The second-order valence-electron chi connectivity index (χ2n) is 5.94. The van der Waals surface area contributed by atoms with E-state index in [-0.39, 0.29) is 23.9 Å². The van der Waals surface area contributed by atoms with Gasteiger partial charge in [-0.25, -0.2) is 14.4 Å². The zero-order valence-electron chi connectivity index (χ0n) is 13.9. The molecule has 1 amide bonds. The van der Waals surface area contributed by atoms with Crippen molar-refractivity contribution in [1.29, 1.82) is 0 Å². The summed E-state index contributed by atoms with van der Waals surface area (Å²) in [5.41, 5.74) is 0.462. The summed E-state index contributed by atoms with van der Waals surface area (Å²) >= 11 is 0. The van der Waals surface area contributed by atoms with Gasteiger partial charge in [0.05, 0.1) is 7.11 Å². The molecule has 1 heterocycles. The lowest BCUT2D eigenvalue weighted by molar-refractivity contribution is 0.0886. The molecule has 1 saturated carbocycles. The molecule has 1 aliphatic carbocycles. The zero-order chi connectivity index (χ0) is 17.6. The molecule has 0 bridgehead atoms. The van der Waals surface area contributed by atoms with Crippen molar-refractivity contribution >= 4 is 5.91 Å². The number of halogens is 1. The first kappa shape index (κ1) is 17.1. The maximum atomic E-state index is 12.9. The first-order chi connectivity index (χ1) is 12.2. The fourth-order valence-corrected chi connectivity index (χ4v) is 2.89. The van der Waals surface area contributed by atoms with Gasteiger partial charge in [-0.1, -0.05) is 0 Å². The second-order valence-corrected chi connectivity index (χ2v) is 5.94. The molecular weight excluding hydrogens is 325 g/mol. The van der Waals surface area contributed by atoms with Gasteiger partial charge in [-0.3, -0.25) is 4.79 Å². The van der Waals surface area contributed by atoms with E-state index in [1.54, 1.807) is 12.4 Å². The first-order valence-electron chi connectivity index (χ1n) is 8.24. The van der Waals surface area contributed by atoms with Crippen LogP contribution in [0.1, 0.15) is 36.0 Å². The molecule has 0 unspecified atom stereocenters. The number of carbonyl (C=O) groups excluding carboxylic acids is 1. The van der Waals surface area contributed by atoms with Gasteiger partial charge in [-0.05, 0) is 49.9 Å². The van der Waals surface area contributed by atoms with Crippen LogP contribution in [0.3, 0.4) is 0 Å². The molecule has 0 spiro atoms. The van der Waals surface area contributed by atoms with Crippen LogP contribution < -0.4 is 14.8 Å². The Morgan fingerprint density at radius 1 is 1.08 bits per heavy atom. The number of benzene rings is 1. The molecule has 1 fully saturated rings. The highest BCUT2D eigenvalue weighted by Gasteiger charge is 2.25. The lowest BCUT2D eigenvalue weighted by atomic mass is 9.92. The van der Waals surface area contributed by atoms with E-state index in [1.807, 2.05) is 0 Å². The van der Waals surface area contributed by atoms with E-state index in [0.29, 0.717) is 17.3 Å². The molecule has 0 atom stereocenters. The molecule has 0 aliphatic heterocycles. The Balaban J connectivity index is 1.50. The predicted octanol–water partition coefficient (Wildman–Crippen LogP) is 2.74. The van der Waals surface area contributed by atoms with E-state index in [2.05, 4.69) is 15.3 Å². The maximum Gasteiger partial charge on any atom is 0.278 e. The molecule has 1 aliphatic rings. The molecule has 7 heteroatoms. The predicted molar refractivity (Wildman–Crippen MR) is 89.1 cm³/mol. The van der Waals surface area contributed by atoms with Crippen molar-refractivity contribution in [3.05, 3.63) is 48.0 Å². The first-order valence-corrected chi connectivity index (χ1v) is 8.24. The summed E-state index contributed by atoms with van der Waals surface area (Å²) in [7, 11) is 1.53. The van der Waals surface area contributed by atoms with Crippen molar-refractivity contribution in [2.75, 3.05) is 7.11 Å². The number of hydrogen-bond donors (Lipinski definition) is 1. The number of aromatic nitrogens is 2. The van der Waals surface area contributed by atoms with Crippen LogP contribution in [-0.2, 0) is 0 Å². The summed E-state index contributed by atoms with van der Waals surface area (Å²) < 4.78 is 23.9. The molecule has 6 nitrogen and oxygen atoms in total. The van der Waals surface area contributed by atoms with E-state index in [9.17, 15) is 9.18 Å². The van der Waals surface area contributed by atoms with Gasteiger partial charge >= 0.3 is 0 Å². The smallest absolute Gasteiger partial charge is 0.278 e. The molecule has 1 aromatic heterocycles. The van der Waals surface area contributed by atoms with Crippen LogP contribution in [-0.4, -0.2) is 35.1 Å². The van der Waals surface area contributed by atoms with Crippen LogP contribution in [0.2, 0.25) is 0 Å². The summed E-state index contributed by atoms with van der Waals surface area (Å²) in [5.74, 6) is 0.228. The second kappa shape index (κ2) is 7.92. The average Bonchev–Trinajstić information content (AvgIpc) is 2.64. The molecule has 3 rings (SSSR count). The summed E-state index contributed by atoms with van der Waals surface area (Å²) in [6, 6.07) is 5.63.